The summed E-state index contributed by atoms with van der Waals surface area (Å²) in [6, 6.07) is 6.31. The molecule has 1 atom stereocenters. The fourth-order valence-corrected chi connectivity index (χ4v) is 3.42. The Morgan fingerprint density at radius 2 is 2.08 bits per heavy atom. The number of morpholine rings is 1. The first-order valence-corrected chi connectivity index (χ1v) is 8.88. The minimum Gasteiger partial charge on any atom is -0.390 e. The third-order valence-corrected chi connectivity index (χ3v) is 4.70. The summed E-state index contributed by atoms with van der Waals surface area (Å²) in [5.74, 6) is 0.370. The molecule has 0 saturated carbocycles. The van der Waals surface area contributed by atoms with Crippen molar-refractivity contribution in [2.75, 3.05) is 44.7 Å². The van der Waals surface area contributed by atoms with E-state index in [1.165, 1.54) is 24.0 Å². The third-order valence-electron chi connectivity index (χ3n) is 4.70. The number of β-amino-alcohol motifs (C(OH)–C–C–N with tert-alkyl or cyclic N) is 1. The maximum atomic E-state index is 10.1. The summed E-state index contributed by atoms with van der Waals surface area (Å²) in [6.45, 7) is 4.12. The summed E-state index contributed by atoms with van der Waals surface area (Å²) in [5.41, 5.74) is 9.83. The van der Waals surface area contributed by atoms with Crippen molar-refractivity contribution in [2.24, 2.45) is 10.7 Å². The molecule has 1 aliphatic heterocycles. The van der Waals surface area contributed by atoms with Gasteiger partial charge in [0, 0.05) is 25.3 Å². The van der Waals surface area contributed by atoms with Crippen LogP contribution >= 0.6 is 0 Å². The van der Waals surface area contributed by atoms with Crippen molar-refractivity contribution >= 4 is 11.6 Å². The zero-order valence-corrected chi connectivity index (χ0v) is 14.2. The zero-order valence-electron chi connectivity index (χ0n) is 14.2. The number of aliphatic imine (C=N–C) groups is 1. The van der Waals surface area contributed by atoms with Crippen LogP contribution in [0.3, 0.4) is 0 Å². The number of hydrogen-bond acceptors (Lipinski definition) is 4. The number of nitrogens with one attached hydrogen (secondary N) is 1. The Labute approximate surface area is 143 Å². The Hall–Kier alpha value is -1.63. The van der Waals surface area contributed by atoms with Gasteiger partial charge in [-0.3, -0.25) is 9.89 Å². The number of hydrogen-bond donors (Lipinski definition) is 3. The minimum absolute atomic E-state index is 0.311. The SMILES string of the molecule is NC(=NCC(O)CN1CCOCC1)Nc1cccc2c1CCCC2. The van der Waals surface area contributed by atoms with Gasteiger partial charge in [-0.15, -0.1) is 0 Å². The number of aliphatic hydroxyl groups excluding tert-OH is 1. The topological polar surface area (TPSA) is 83.1 Å². The molecule has 4 N–H and O–H groups in total. The van der Waals surface area contributed by atoms with Crippen molar-refractivity contribution in [1.82, 2.24) is 4.90 Å². The molecule has 2 aliphatic rings. The van der Waals surface area contributed by atoms with Gasteiger partial charge in [-0.25, -0.2) is 0 Å². The summed E-state index contributed by atoms with van der Waals surface area (Å²) < 4.78 is 5.31. The predicted octanol–water partition coefficient (Wildman–Crippen LogP) is 0.985. The molecule has 1 heterocycles. The molecule has 6 nitrogen and oxygen atoms in total. The lowest BCUT2D eigenvalue weighted by atomic mass is 9.90. The van der Waals surface area contributed by atoms with Gasteiger partial charge in [0.2, 0.25) is 0 Å². The molecule has 24 heavy (non-hydrogen) atoms. The summed E-state index contributed by atoms with van der Waals surface area (Å²) >= 11 is 0. The van der Waals surface area contributed by atoms with Crippen LogP contribution < -0.4 is 11.1 Å². The first kappa shape index (κ1) is 17.2. The van der Waals surface area contributed by atoms with Crippen molar-refractivity contribution in [2.45, 2.75) is 31.8 Å². The molecular formula is C18H28N4O2. The molecule has 1 fully saturated rings. The van der Waals surface area contributed by atoms with Gasteiger partial charge in [-0.2, -0.15) is 0 Å². The van der Waals surface area contributed by atoms with Gasteiger partial charge in [0.15, 0.2) is 5.96 Å². The number of aryl methyl sites for hydroxylation is 1. The number of nitrogens with zero attached hydrogens (tertiary/aromatic N) is 2. The number of ether oxygens (including phenoxy) is 1. The second-order valence-corrected chi connectivity index (χ2v) is 6.57. The van der Waals surface area contributed by atoms with Crippen LogP contribution in [-0.4, -0.2) is 61.5 Å². The highest BCUT2D eigenvalue weighted by atomic mass is 16.5. The Morgan fingerprint density at radius 3 is 2.92 bits per heavy atom. The normalized spacial score (nSPS) is 20.5. The van der Waals surface area contributed by atoms with Gasteiger partial charge in [-0.1, -0.05) is 12.1 Å². The van der Waals surface area contributed by atoms with E-state index >= 15 is 0 Å². The Bertz CT molecular complexity index is 570. The number of rotatable bonds is 5. The fraction of sp³-hybridized carbons (Fsp3) is 0.611. The highest BCUT2D eigenvalue weighted by Gasteiger charge is 2.15. The fourth-order valence-electron chi connectivity index (χ4n) is 3.42. The number of aliphatic hydroxyl groups is 1. The molecular weight excluding hydrogens is 304 g/mol. The van der Waals surface area contributed by atoms with E-state index in [4.69, 9.17) is 10.5 Å². The number of nitrogens with two attached hydrogens (primary N) is 1. The summed E-state index contributed by atoms with van der Waals surface area (Å²) in [4.78, 5) is 6.50. The summed E-state index contributed by atoms with van der Waals surface area (Å²) in [6.07, 6.45) is 4.20. The van der Waals surface area contributed by atoms with Crippen LogP contribution in [0.4, 0.5) is 5.69 Å². The van der Waals surface area contributed by atoms with Crippen LogP contribution in [0.25, 0.3) is 0 Å². The van der Waals surface area contributed by atoms with E-state index < -0.39 is 6.10 Å². The van der Waals surface area contributed by atoms with Crippen molar-refractivity contribution in [3.63, 3.8) is 0 Å². The van der Waals surface area contributed by atoms with E-state index in [2.05, 4.69) is 33.4 Å². The van der Waals surface area contributed by atoms with Crippen LogP contribution in [0.2, 0.25) is 0 Å². The lowest BCUT2D eigenvalue weighted by molar-refractivity contribution is 0.0165. The molecule has 1 unspecified atom stereocenters. The van der Waals surface area contributed by atoms with Crippen molar-refractivity contribution in [1.29, 1.82) is 0 Å². The van der Waals surface area contributed by atoms with E-state index in [1.807, 2.05) is 0 Å². The predicted molar refractivity (Wildman–Crippen MR) is 96.5 cm³/mol. The molecule has 0 radical (unpaired) electrons. The summed E-state index contributed by atoms with van der Waals surface area (Å²) in [5, 5.41) is 13.3. The van der Waals surface area contributed by atoms with Gasteiger partial charge in [0.25, 0.3) is 0 Å². The molecule has 132 valence electrons. The van der Waals surface area contributed by atoms with Crippen LogP contribution in [0.15, 0.2) is 23.2 Å². The second-order valence-electron chi connectivity index (χ2n) is 6.57. The first-order valence-electron chi connectivity index (χ1n) is 8.88. The molecule has 1 saturated heterocycles. The van der Waals surface area contributed by atoms with Crippen molar-refractivity contribution in [3.8, 4) is 0 Å². The first-order chi connectivity index (χ1) is 11.7. The molecule has 1 aromatic carbocycles. The van der Waals surface area contributed by atoms with Crippen LogP contribution in [0.1, 0.15) is 24.0 Å². The minimum atomic E-state index is -0.506. The van der Waals surface area contributed by atoms with Gasteiger partial charge < -0.3 is 20.9 Å². The lowest BCUT2D eigenvalue weighted by Crippen LogP contribution is -2.42. The quantitative estimate of drug-likeness (QED) is 0.553. The summed E-state index contributed by atoms with van der Waals surface area (Å²) in [7, 11) is 0. The van der Waals surface area contributed by atoms with Gasteiger partial charge in [-0.05, 0) is 42.9 Å². The van der Waals surface area contributed by atoms with Crippen molar-refractivity contribution < 1.29 is 9.84 Å². The lowest BCUT2D eigenvalue weighted by Gasteiger charge is -2.28. The standard InChI is InChI=1S/C18H28N4O2/c19-18(20-12-15(23)13-22-8-10-24-11-9-22)21-17-7-3-5-14-4-1-2-6-16(14)17/h3,5,7,15,23H,1-2,4,6,8-13H2,(H3,19,20,21). The molecule has 0 aromatic heterocycles. The maximum absolute atomic E-state index is 10.1. The number of anilines is 1. The van der Waals surface area contributed by atoms with Crippen LogP contribution in [0, 0.1) is 0 Å². The maximum Gasteiger partial charge on any atom is 0.193 e. The van der Waals surface area contributed by atoms with E-state index in [1.54, 1.807) is 0 Å². The monoisotopic (exact) mass is 332 g/mol. The van der Waals surface area contributed by atoms with Crippen LogP contribution in [-0.2, 0) is 17.6 Å². The van der Waals surface area contributed by atoms with Crippen molar-refractivity contribution in [3.05, 3.63) is 29.3 Å². The smallest absolute Gasteiger partial charge is 0.193 e. The molecule has 0 spiro atoms. The highest BCUT2D eigenvalue weighted by molar-refractivity contribution is 5.93. The number of fused-ring (bicyclic) bond motifs is 1. The molecule has 0 bridgehead atoms. The zero-order chi connectivity index (χ0) is 16.8. The van der Waals surface area contributed by atoms with Gasteiger partial charge >= 0.3 is 0 Å². The number of benzene rings is 1. The van der Waals surface area contributed by atoms with E-state index in [-0.39, 0.29) is 0 Å². The van der Waals surface area contributed by atoms with Gasteiger partial charge in [0.05, 0.1) is 25.9 Å². The average molecular weight is 332 g/mol. The Kier molecular flexibility index (Phi) is 6.07. The second kappa shape index (κ2) is 8.46. The largest absolute Gasteiger partial charge is 0.390 e. The third kappa shape index (κ3) is 4.69. The Balaban J connectivity index is 1.52. The molecule has 1 aromatic rings. The molecule has 6 heteroatoms. The highest BCUT2D eigenvalue weighted by Crippen LogP contribution is 2.27. The molecule has 0 amide bonds. The molecule has 1 aliphatic carbocycles. The van der Waals surface area contributed by atoms with E-state index in [9.17, 15) is 5.11 Å². The number of guanidine groups is 1. The van der Waals surface area contributed by atoms with Crippen LogP contribution in [0.5, 0.6) is 0 Å². The molecule has 3 rings (SSSR count). The van der Waals surface area contributed by atoms with E-state index in [0.717, 1.165) is 44.8 Å². The van der Waals surface area contributed by atoms with E-state index in [0.29, 0.717) is 19.0 Å². The Morgan fingerprint density at radius 1 is 1.29 bits per heavy atom. The van der Waals surface area contributed by atoms with Gasteiger partial charge in [0.1, 0.15) is 0 Å². The average Bonchev–Trinajstić information content (AvgIpc) is 2.61.